The lowest BCUT2D eigenvalue weighted by atomic mass is 9.94. The first kappa shape index (κ1) is 10.00. The van der Waals surface area contributed by atoms with Gasteiger partial charge >= 0.3 is 0 Å². The van der Waals surface area contributed by atoms with E-state index in [9.17, 15) is 9.59 Å². The van der Waals surface area contributed by atoms with Crippen molar-refractivity contribution in [2.24, 2.45) is 10.9 Å². The van der Waals surface area contributed by atoms with Crippen molar-refractivity contribution in [2.75, 3.05) is 0 Å². The van der Waals surface area contributed by atoms with E-state index in [-0.39, 0.29) is 17.7 Å². The highest BCUT2D eigenvalue weighted by molar-refractivity contribution is 6.30. The number of amides is 2. The second-order valence-corrected chi connectivity index (χ2v) is 5.35. The maximum Gasteiger partial charge on any atom is 0.274 e. The molecule has 2 heterocycles. The largest absolute Gasteiger partial charge is 0.276 e. The molecule has 1 unspecified atom stereocenters. The first-order valence-electron chi connectivity index (χ1n) is 6.21. The fourth-order valence-corrected chi connectivity index (χ4v) is 3.05. The van der Waals surface area contributed by atoms with Crippen LogP contribution in [0.1, 0.15) is 35.7 Å². The Morgan fingerprint density at radius 1 is 1.22 bits per heavy atom. The van der Waals surface area contributed by atoms with E-state index in [0.717, 1.165) is 18.4 Å². The molecule has 4 rings (SSSR count). The minimum atomic E-state index is -0.745. The molecule has 1 aromatic rings. The van der Waals surface area contributed by atoms with E-state index in [1.165, 1.54) is 0 Å². The lowest BCUT2D eigenvalue weighted by Crippen LogP contribution is -2.51. The second kappa shape index (κ2) is 2.88. The molecule has 18 heavy (non-hydrogen) atoms. The Morgan fingerprint density at radius 2 is 1.89 bits per heavy atom. The maximum absolute atomic E-state index is 12.5. The Balaban J connectivity index is 1.94. The minimum absolute atomic E-state index is 0.0791. The molecule has 0 saturated heterocycles. The van der Waals surface area contributed by atoms with Crippen LogP contribution in [-0.2, 0) is 4.79 Å². The predicted octanol–water partition coefficient (Wildman–Crippen LogP) is 1.60. The number of aliphatic imine (C=N–C) groups is 1. The van der Waals surface area contributed by atoms with Crippen LogP contribution in [0.25, 0.3) is 0 Å². The molecule has 1 aromatic carbocycles. The Kier molecular flexibility index (Phi) is 1.60. The first-order chi connectivity index (χ1) is 8.64. The highest BCUT2D eigenvalue weighted by atomic mass is 16.2. The van der Waals surface area contributed by atoms with Crippen molar-refractivity contribution in [1.29, 1.82) is 0 Å². The summed E-state index contributed by atoms with van der Waals surface area (Å²) >= 11 is 0. The molecule has 0 spiro atoms. The quantitative estimate of drug-likeness (QED) is 0.748. The van der Waals surface area contributed by atoms with Crippen molar-refractivity contribution in [1.82, 2.24) is 4.90 Å². The van der Waals surface area contributed by atoms with Gasteiger partial charge in [-0.2, -0.15) is 4.99 Å². The van der Waals surface area contributed by atoms with Crippen LogP contribution in [-0.4, -0.2) is 28.1 Å². The van der Waals surface area contributed by atoms with Crippen LogP contribution >= 0.6 is 0 Å². The van der Waals surface area contributed by atoms with E-state index in [2.05, 4.69) is 4.99 Å². The molecule has 2 amide bonds. The lowest BCUT2D eigenvalue weighted by molar-refractivity contribution is -0.125. The summed E-state index contributed by atoms with van der Waals surface area (Å²) in [6.07, 6.45) is 2.01. The van der Waals surface area contributed by atoms with Gasteiger partial charge in [0.1, 0.15) is 11.4 Å². The zero-order valence-electron chi connectivity index (χ0n) is 10.0. The Labute approximate surface area is 104 Å². The van der Waals surface area contributed by atoms with Crippen LogP contribution < -0.4 is 0 Å². The van der Waals surface area contributed by atoms with E-state index in [1.807, 2.05) is 25.1 Å². The molecule has 4 nitrogen and oxygen atoms in total. The first-order valence-corrected chi connectivity index (χ1v) is 6.21. The van der Waals surface area contributed by atoms with Crippen molar-refractivity contribution in [3.8, 4) is 0 Å². The van der Waals surface area contributed by atoms with E-state index in [1.54, 1.807) is 11.0 Å². The molecule has 90 valence electrons. The molecule has 1 aliphatic carbocycles. The van der Waals surface area contributed by atoms with Gasteiger partial charge in [-0.3, -0.25) is 14.5 Å². The molecule has 3 aliphatic rings. The molecular formula is C14H12N2O2. The summed E-state index contributed by atoms with van der Waals surface area (Å²) in [6.45, 7) is 1.85. The van der Waals surface area contributed by atoms with Gasteiger partial charge in [0.15, 0.2) is 0 Å². The molecule has 0 radical (unpaired) electrons. The Bertz CT molecular complexity index is 630. The third-order valence-electron chi connectivity index (χ3n) is 4.29. The predicted molar refractivity (Wildman–Crippen MR) is 65.3 cm³/mol. The van der Waals surface area contributed by atoms with Gasteiger partial charge in [-0.05, 0) is 31.7 Å². The smallest absolute Gasteiger partial charge is 0.274 e. The third-order valence-corrected chi connectivity index (χ3v) is 4.29. The van der Waals surface area contributed by atoms with Gasteiger partial charge < -0.3 is 0 Å². The van der Waals surface area contributed by atoms with E-state index in [0.29, 0.717) is 11.4 Å². The number of benzene rings is 1. The van der Waals surface area contributed by atoms with E-state index < -0.39 is 5.54 Å². The summed E-state index contributed by atoms with van der Waals surface area (Å²) < 4.78 is 0. The Hall–Kier alpha value is -1.97. The average Bonchev–Trinajstić information content (AvgIpc) is 3.14. The molecular weight excluding hydrogens is 228 g/mol. The lowest BCUT2D eigenvalue weighted by Gasteiger charge is -2.30. The monoisotopic (exact) mass is 240 g/mol. The number of amidine groups is 1. The fraction of sp³-hybridized carbons (Fsp3) is 0.357. The molecule has 1 saturated carbocycles. The zero-order chi connectivity index (χ0) is 12.5. The zero-order valence-corrected chi connectivity index (χ0v) is 10.0. The van der Waals surface area contributed by atoms with Crippen LogP contribution in [0.5, 0.6) is 0 Å². The van der Waals surface area contributed by atoms with Crippen LogP contribution in [0.15, 0.2) is 29.3 Å². The average molecular weight is 240 g/mol. The molecule has 4 heteroatoms. The number of hydrogen-bond acceptors (Lipinski definition) is 2. The normalized spacial score (nSPS) is 29.4. The summed E-state index contributed by atoms with van der Waals surface area (Å²) in [4.78, 5) is 30.4. The molecule has 0 aromatic heterocycles. The van der Waals surface area contributed by atoms with Crippen molar-refractivity contribution in [3.05, 3.63) is 35.4 Å². The topological polar surface area (TPSA) is 49.7 Å². The summed E-state index contributed by atoms with van der Waals surface area (Å²) in [7, 11) is 0. The second-order valence-electron chi connectivity index (χ2n) is 5.35. The van der Waals surface area contributed by atoms with E-state index in [4.69, 9.17) is 0 Å². The van der Waals surface area contributed by atoms with Crippen molar-refractivity contribution in [2.45, 2.75) is 25.3 Å². The Morgan fingerprint density at radius 3 is 2.56 bits per heavy atom. The summed E-state index contributed by atoms with van der Waals surface area (Å²) in [5, 5.41) is 0. The SMILES string of the molecule is CC1(C2CC2)C(=O)N=C2c3ccccc3C(=O)N21. The van der Waals surface area contributed by atoms with Crippen molar-refractivity contribution >= 4 is 17.6 Å². The highest BCUT2D eigenvalue weighted by Crippen LogP contribution is 2.49. The number of carbonyl (C=O) groups excluding carboxylic acids is 2. The van der Waals surface area contributed by atoms with Crippen molar-refractivity contribution in [3.63, 3.8) is 0 Å². The van der Waals surface area contributed by atoms with Gasteiger partial charge in [0.05, 0.1) is 5.56 Å². The summed E-state index contributed by atoms with van der Waals surface area (Å²) in [5.74, 6) is 0.576. The van der Waals surface area contributed by atoms with E-state index >= 15 is 0 Å². The summed E-state index contributed by atoms with van der Waals surface area (Å²) in [5.41, 5.74) is 0.710. The standard InChI is InChI=1S/C14H12N2O2/c1-14(8-6-7-8)13(18)15-11-9-4-2-3-5-10(9)12(17)16(11)14/h2-5,8H,6-7H2,1H3. The number of hydrogen-bond donors (Lipinski definition) is 0. The molecule has 2 aliphatic heterocycles. The van der Waals surface area contributed by atoms with Gasteiger partial charge in [0.2, 0.25) is 0 Å². The van der Waals surface area contributed by atoms with Crippen LogP contribution in [0.4, 0.5) is 0 Å². The van der Waals surface area contributed by atoms with Gasteiger partial charge in [0.25, 0.3) is 11.8 Å². The van der Waals surface area contributed by atoms with Gasteiger partial charge in [-0.1, -0.05) is 18.2 Å². The fourth-order valence-electron chi connectivity index (χ4n) is 3.05. The van der Waals surface area contributed by atoms with Gasteiger partial charge in [-0.15, -0.1) is 0 Å². The third kappa shape index (κ3) is 0.952. The molecule has 0 N–H and O–H groups in total. The van der Waals surface area contributed by atoms with Gasteiger partial charge in [-0.25, -0.2) is 0 Å². The van der Waals surface area contributed by atoms with Crippen LogP contribution in [0, 0.1) is 5.92 Å². The minimum Gasteiger partial charge on any atom is -0.276 e. The van der Waals surface area contributed by atoms with Crippen molar-refractivity contribution < 1.29 is 9.59 Å². The van der Waals surface area contributed by atoms with Crippen LogP contribution in [0.3, 0.4) is 0 Å². The number of fused-ring (bicyclic) bond motifs is 3. The maximum atomic E-state index is 12.5. The molecule has 1 atom stereocenters. The van der Waals surface area contributed by atoms with Crippen LogP contribution in [0.2, 0.25) is 0 Å². The highest BCUT2D eigenvalue weighted by Gasteiger charge is 2.60. The summed E-state index contributed by atoms with van der Waals surface area (Å²) in [6, 6.07) is 7.37. The number of carbonyl (C=O) groups is 2. The van der Waals surface area contributed by atoms with Gasteiger partial charge in [0, 0.05) is 5.56 Å². The molecule has 0 bridgehead atoms. The molecule has 1 fully saturated rings. The number of rotatable bonds is 1. The number of nitrogens with zero attached hydrogens (tertiary/aromatic N) is 2.